The molecule has 7 aromatic carbocycles. The van der Waals surface area contributed by atoms with E-state index >= 15 is 0 Å². The Bertz CT molecular complexity index is 2410. The number of anilines is 3. The Kier molecular flexibility index (Phi) is 9.66. The van der Waals surface area contributed by atoms with Crippen LogP contribution in [0.3, 0.4) is 0 Å². The van der Waals surface area contributed by atoms with Crippen LogP contribution >= 0.6 is 0 Å². The van der Waals surface area contributed by atoms with Gasteiger partial charge in [-0.15, -0.1) is 0 Å². The fraction of sp³-hybridized carbons (Fsp3) is 0.0213. The average molecular weight is 673 g/mol. The lowest BCUT2D eigenvalue weighted by Crippen LogP contribution is -2.34. The minimum absolute atomic E-state index is 0.250. The van der Waals surface area contributed by atoms with E-state index in [1.165, 1.54) is 6.20 Å². The minimum Gasteiger partial charge on any atom is -0.473 e. The molecule has 0 N–H and O–H groups in total. The van der Waals surface area contributed by atoms with Crippen LogP contribution in [0.5, 0.6) is 5.75 Å². The van der Waals surface area contributed by atoms with E-state index in [9.17, 15) is 0 Å². The van der Waals surface area contributed by atoms with Gasteiger partial charge >= 0.3 is 6.15 Å². The van der Waals surface area contributed by atoms with Crippen LogP contribution in [-0.2, 0) is 15.2 Å². The lowest BCUT2D eigenvalue weighted by molar-refractivity contribution is -0.191. The quantitative estimate of drug-likeness (QED) is 0.158. The lowest BCUT2D eigenvalue weighted by atomic mass is 9.82. The molecule has 1 aliphatic rings. The van der Waals surface area contributed by atoms with E-state index in [1.807, 2.05) is 36.4 Å². The highest BCUT2D eigenvalue weighted by Gasteiger charge is 2.37. The van der Waals surface area contributed by atoms with Gasteiger partial charge in [0.1, 0.15) is 5.75 Å². The highest BCUT2D eigenvalue weighted by molar-refractivity contribution is 5.97. The van der Waals surface area contributed by atoms with Gasteiger partial charge in [-0.25, -0.2) is 4.85 Å². The molecule has 1 aliphatic heterocycles. The summed E-state index contributed by atoms with van der Waals surface area (Å²) in [5.41, 5.74) is 8.97. The molecule has 0 aromatic heterocycles. The molecule has 0 saturated carbocycles. The summed E-state index contributed by atoms with van der Waals surface area (Å²) >= 11 is 0. The fourth-order valence-corrected chi connectivity index (χ4v) is 6.71. The van der Waals surface area contributed by atoms with Crippen molar-refractivity contribution in [2.24, 2.45) is 0 Å². The van der Waals surface area contributed by atoms with Gasteiger partial charge in [0.25, 0.3) is 0 Å². The van der Waals surface area contributed by atoms with Crippen molar-refractivity contribution >= 4 is 46.1 Å². The number of rotatable bonds is 7. The predicted octanol–water partition coefficient (Wildman–Crippen LogP) is 11.6. The van der Waals surface area contributed by atoms with Crippen LogP contribution < -0.4 is 9.64 Å². The van der Waals surface area contributed by atoms with Gasteiger partial charge in [0.05, 0.1) is 6.57 Å². The van der Waals surface area contributed by atoms with Gasteiger partial charge in [0.15, 0.2) is 11.8 Å². The summed E-state index contributed by atoms with van der Waals surface area (Å²) in [4.78, 5) is 21.8. The summed E-state index contributed by atoms with van der Waals surface area (Å²) in [7, 11) is 0. The standard InChI is InChI=1S/C46H32N2O.CO2/c1-47-32-30-34-17-19-35(20-18-34)36-21-24-39(25-22-36)46(38-11-5-2-6-12-38)31-29-44-43-27-26-42(33-37(43)23-28-45(44)49-46)48(40-13-7-3-8-14-40)41-15-9-4-10-16-41;2-1-3/h2-33H;/b32-30-;. The molecule has 52 heavy (non-hydrogen) atoms. The van der Waals surface area contributed by atoms with Gasteiger partial charge in [-0.05, 0) is 82.1 Å². The second-order valence-electron chi connectivity index (χ2n) is 12.2. The van der Waals surface area contributed by atoms with Gasteiger partial charge in [-0.1, -0.05) is 133 Å². The van der Waals surface area contributed by atoms with E-state index in [0.29, 0.717) is 0 Å². The Morgan fingerprint density at radius 1 is 0.615 bits per heavy atom. The van der Waals surface area contributed by atoms with Gasteiger partial charge in [-0.2, -0.15) is 9.59 Å². The van der Waals surface area contributed by atoms with E-state index in [-0.39, 0.29) is 6.15 Å². The van der Waals surface area contributed by atoms with Crippen molar-refractivity contribution in [3.8, 4) is 16.9 Å². The topological polar surface area (TPSA) is 51.0 Å². The molecule has 1 atom stereocenters. The third kappa shape index (κ3) is 6.66. The molecular formula is C47H32N2O3. The summed E-state index contributed by atoms with van der Waals surface area (Å²) in [5.74, 6) is 0.849. The van der Waals surface area contributed by atoms with Crippen LogP contribution in [0.25, 0.3) is 38.9 Å². The molecule has 0 amide bonds. The third-order valence-electron chi connectivity index (χ3n) is 9.15. The molecule has 0 spiro atoms. The van der Waals surface area contributed by atoms with Crippen LogP contribution in [0, 0.1) is 6.57 Å². The van der Waals surface area contributed by atoms with Crippen molar-refractivity contribution in [3.63, 3.8) is 0 Å². The zero-order valence-corrected chi connectivity index (χ0v) is 28.1. The number of benzene rings is 7. The number of nitrogens with zero attached hydrogens (tertiary/aromatic N) is 2. The van der Waals surface area contributed by atoms with Gasteiger partial charge in [-0.3, -0.25) is 0 Å². The van der Waals surface area contributed by atoms with Crippen LogP contribution in [0.4, 0.5) is 17.1 Å². The van der Waals surface area contributed by atoms with Crippen molar-refractivity contribution < 1.29 is 14.3 Å². The second-order valence-corrected chi connectivity index (χ2v) is 12.2. The Balaban J connectivity index is 0.00000136. The number of ether oxygens (including phenoxy) is 1. The first-order chi connectivity index (χ1) is 25.6. The summed E-state index contributed by atoms with van der Waals surface area (Å²) in [5, 5.41) is 2.29. The molecule has 0 aliphatic carbocycles. The second kappa shape index (κ2) is 15.1. The number of fused-ring (bicyclic) bond motifs is 3. The van der Waals surface area contributed by atoms with E-state index in [4.69, 9.17) is 20.9 Å². The molecular weight excluding hydrogens is 641 g/mol. The summed E-state index contributed by atoms with van der Waals surface area (Å²) in [6.45, 7) is 6.98. The van der Waals surface area contributed by atoms with Crippen molar-refractivity contribution in [1.82, 2.24) is 0 Å². The first-order valence-electron chi connectivity index (χ1n) is 16.8. The van der Waals surface area contributed by atoms with E-state index in [1.54, 1.807) is 0 Å². The van der Waals surface area contributed by atoms with Crippen LogP contribution in [0.15, 0.2) is 182 Å². The highest BCUT2D eigenvalue weighted by atomic mass is 16.5. The average Bonchev–Trinajstić information content (AvgIpc) is 3.21. The first kappa shape index (κ1) is 33.3. The molecule has 5 heteroatoms. The Hall–Kier alpha value is -7.25. The minimum atomic E-state index is -0.785. The van der Waals surface area contributed by atoms with Crippen LogP contribution in [-0.4, -0.2) is 6.15 Å². The maximum atomic E-state index is 8.12. The molecule has 0 fully saturated rings. The Morgan fingerprint density at radius 2 is 1.17 bits per heavy atom. The van der Waals surface area contributed by atoms with E-state index < -0.39 is 5.60 Å². The molecule has 0 saturated heterocycles. The monoisotopic (exact) mass is 672 g/mol. The maximum absolute atomic E-state index is 8.12. The molecule has 7 aromatic rings. The van der Waals surface area contributed by atoms with Gasteiger partial charge in [0, 0.05) is 33.8 Å². The first-order valence-corrected chi connectivity index (χ1v) is 16.8. The molecule has 8 rings (SSSR count). The third-order valence-corrected chi connectivity index (χ3v) is 9.15. The highest BCUT2D eigenvalue weighted by Crippen LogP contribution is 2.45. The summed E-state index contributed by atoms with van der Waals surface area (Å²) < 4.78 is 7.09. The van der Waals surface area contributed by atoms with Crippen molar-refractivity contribution in [2.45, 2.75) is 5.60 Å². The summed E-state index contributed by atoms with van der Waals surface area (Å²) in [6, 6.07) is 59.2. The molecule has 1 heterocycles. The zero-order valence-electron chi connectivity index (χ0n) is 28.1. The fourth-order valence-electron chi connectivity index (χ4n) is 6.71. The number of para-hydroxylation sites is 2. The van der Waals surface area contributed by atoms with Gasteiger partial charge in [0.2, 0.25) is 0 Å². The van der Waals surface area contributed by atoms with Crippen molar-refractivity contribution in [1.29, 1.82) is 0 Å². The smallest absolute Gasteiger partial charge is 0.373 e. The summed E-state index contributed by atoms with van der Waals surface area (Å²) in [6.07, 6.45) is 7.98. The molecule has 248 valence electrons. The lowest BCUT2D eigenvalue weighted by Gasteiger charge is -2.36. The molecule has 1 unspecified atom stereocenters. The molecule has 5 nitrogen and oxygen atoms in total. The van der Waals surface area contributed by atoms with E-state index in [2.05, 4.69) is 161 Å². The predicted molar refractivity (Wildman–Crippen MR) is 208 cm³/mol. The zero-order chi connectivity index (χ0) is 35.8. The Morgan fingerprint density at radius 3 is 1.77 bits per heavy atom. The molecule has 0 bridgehead atoms. The molecule has 0 radical (unpaired) electrons. The largest absolute Gasteiger partial charge is 0.473 e. The SMILES string of the molecule is O=C=O.[C-]#[N+]/C=C\c1ccc(-c2ccc(C3(c4ccccc4)C=Cc4c(ccc5cc(N(c6ccccc6)c6ccccc6)ccc45)O3)cc2)cc1. The number of hydrogen-bond donors (Lipinski definition) is 0. The number of carbonyl (C=O) groups excluding carboxylic acids is 2. The maximum Gasteiger partial charge on any atom is 0.373 e. The van der Waals surface area contributed by atoms with Gasteiger partial charge < -0.3 is 9.64 Å². The van der Waals surface area contributed by atoms with Crippen molar-refractivity contribution in [3.05, 3.63) is 216 Å². The van der Waals surface area contributed by atoms with Crippen LogP contribution in [0.1, 0.15) is 22.3 Å². The number of hydrogen-bond acceptors (Lipinski definition) is 4. The normalized spacial score (nSPS) is 14.3. The Labute approximate surface area is 302 Å². The van der Waals surface area contributed by atoms with E-state index in [0.717, 1.165) is 67.0 Å². The van der Waals surface area contributed by atoms with Crippen molar-refractivity contribution in [2.75, 3.05) is 4.90 Å². The van der Waals surface area contributed by atoms with Crippen LogP contribution in [0.2, 0.25) is 0 Å².